The van der Waals surface area contributed by atoms with E-state index in [0.29, 0.717) is 14.7 Å². The van der Waals surface area contributed by atoms with Gasteiger partial charge < -0.3 is 9.52 Å². The first-order chi connectivity index (χ1) is 6.22. The number of benzene rings is 1. The normalized spacial score (nSPS) is 11.0. The molecule has 0 radical (unpaired) electrons. The van der Waals surface area contributed by atoms with E-state index in [4.69, 9.17) is 9.52 Å². The molecule has 0 spiro atoms. The van der Waals surface area contributed by atoms with E-state index < -0.39 is 5.82 Å². The molecule has 2 aromatic rings. The molecule has 4 heteroatoms. The Morgan fingerprint density at radius 3 is 2.92 bits per heavy atom. The molecule has 0 fully saturated rings. The average Bonchev–Trinajstić information content (AvgIpc) is 2.48. The van der Waals surface area contributed by atoms with Crippen molar-refractivity contribution in [2.24, 2.45) is 0 Å². The van der Waals surface area contributed by atoms with Crippen molar-refractivity contribution < 1.29 is 13.9 Å². The molecule has 1 aromatic carbocycles. The van der Waals surface area contributed by atoms with Crippen molar-refractivity contribution in [2.45, 2.75) is 6.61 Å². The first-order valence-electron chi connectivity index (χ1n) is 3.69. The van der Waals surface area contributed by atoms with Crippen molar-refractivity contribution >= 4 is 33.6 Å². The summed E-state index contributed by atoms with van der Waals surface area (Å²) in [6.45, 7) is -0.105. The second-order valence-electron chi connectivity index (χ2n) is 2.66. The molecule has 68 valence electrons. The summed E-state index contributed by atoms with van der Waals surface area (Å²) in [7, 11) is 0. The number of aliphatic hydroxyl groups is 1. The molecular formula is C9H6FIO2. The van der Waals surface area contributed by atoms with Gasteiger partial charge in [-0.1, -0.05) is 6.07 Å². The van der Waals surface area contributed by atoms with E-state index >= 15 is 0 Å². The van der Waals surface area contributed by atoms with Crippen molar-refractivity contribution in [3.8, 4) is 0 Å². The smallest absolute Gasteiger partial charge is 0.171 e. The molecule has 0 atom stereocenters. The summed E-state index contributed by atoms with van der Waals surface area (Å²) < 4.78 is 18.9. The van der Waals surface area contributed by atoms with Crippen LogP contribution in [0.2, 0.25) is 0 Å². The number of rotatable bonds is 1. The first-order valence-corrected chi connectivity index (χ1v) is 4.77. The Morgan fingerprint density at radius 1 is 1.46 bits per heavy atom. The van der Waals surface area contributed by atoms with Gasteiger partial charge >= 0.3 is 0 Å². The quantitative estimate of drug-likeness (QED) is 0.820. The number of furan rings is 1. The SMILES string of the molecule is OCc1ccc(F)c2oc(I)cc12. The summed E-state index contributed by atoms with van der Waals surface area (Å²) in [4.78, 5) is 0. The number of aliphatic hydroxyl groups excluding tert-OH is 1. The Kier molecular flexibility index (Phi) is 2.25. The van der Waals surface area contributed by atoms with Crippen LogP contribution in [0.4, 0.5) is 4.39 Å². The minimum absolute atomic E-state index is 0.105. The van der Waals surface area contributed by atoms with Crippen LogP contribution in [0.1, 0.15) is 5.56 Å². The van der Waals surface area contributed by atoms with E-state index in [2.05, 4.69) is 0 Å². The Balaban J connectivity index is 2.83. The number of hydrogen-bond acceptors (Lipinski definition) is 2. The molecule has 0 saturated heterocycles. The molecule has 1 aromatic heterocycles. The Labute approximate surface area is 87.5 Å². The Morgan fingerprint density at radius 2 is 2.23 bits per heavy atom. The van der Waals surface area contributed by atoms with Gasteiger partial charge in [-0.05, 0) is 40.3 Å². The molecule has 2 nitrogen and oxygen atoms in total. The highest BCUT2D eigenvalue weighted by Gasteiger charge is 2.10. The van der Waals surface area contributed by atoms with Crippen LogP contribution in [0, 0.1) is 9.58 Å². The fourth-order valence-corrected chi connectivity index (χ4v) is 1.79. The maximum absolute atomic E-state index is 13.1. The van der Waals surface area contributed by atoms with Crippen LogP contribution in [-0.2, 0) is 6.61 Å². The van der Waals surface area contributed by atoms with Gasteiger partial charge in [0.05, 0.1) is 6.61 Å². The molecular weight excluding hydrogens is 286 g/mol. The molecule has 0 bridgehead atoms. The zero-order valence-corrected chi connectivity index (χ0v) is 8.71. The van der Waals surface area contributed by atoms with Crippen LogP contribution < -0.4 is 0 Å². The van der Waals surface area contributed by atoms with Crippen molar-refractivity contribution in [3.05, 3.63) is 33.3 Å². The van der Waals surface area contributed by atoms with Crippen LogP contribution in [0.15, 0.2) is 22.6 Å². The van der Waals surface area contributed by atoms with Crippen LogP contribution in [0.3, 0.4) is 0 Å². The molecule has 1 heterocycles. The van der Waals surface area contributed by atoms with Crippen LogP contribution in [0.5, 0.6) is 0 Å². The topological polar surface area (TPSA) is 33.4 Å². The standard InChI is InChI=1S/C9H6FIO2/c10-7-2-1-5(4-12)6-3-8(11)13-9(6)7/h1-3,12H,4H2. The third-order valence-corrected chi connectivity index (χ3v) is 2.40. The number of halogens is 2. The van der Waals surface area contributed by atoms with Crippen molar-refractivity contribution in [2.75, 3.05) is 0 Å². The lowest BCUT2D eigenvalue weighted by Crippen LogP contribution is -1.85. The van der Waals surface area contributed by atoms with Gasteiger partial charge in [0.2, 0.25) is 0 Å². The predicted octanol–water partition coefficient (Wildman–Crippen LogP) is 2.67. The van der Waals surface area contributed by atoms with Gasteiger partial charge in [0.1, 0.15) is 0 Å². The first kappa shape index (κ1) is 8.96. The lowest BCUT2D eigenvalue weighted by molar-refractivity contribution is 0.283. The third kappa shape index (κ3) is 1.44. The zero-order valence-electron chi connectivity index (χ0n) is 6.55. The van der Waals surface area contributed by atoms with Gasteiger partial charge in [0, 0.05) is 5.39 Å². The molecule has 0 unspecified atom stereocenters. The second kappa shape index (κ2) is 3.26. The van der Waals surface area contributed by atoms with Gasteiger partial charge in [-0.25, -0.2) is 4.39 Å². The van der Waals surface area contributed by atoms with Crippen molar-refractivity contribution in [1.82, 2.24) is 0 Å². The second-order valence-corrected chi connectivity index (χ2v) is 3.72. The maximum atomic E-state index is 13.1. The highest BCUT2D eigenvalue weighted by Crippen LogP contribution is 2.26. The van der Waals surface area contributed by atoms with Gasteiger partial charge in [0.15, 0.2) is 15.2 Å². The average molecular weight is 292 g/mol. The van der Waals surface area contributed by atoms with Crippen LogP contribution >= 0.6 is 22.6 Å². The van der Waals surface area contributed by atoms with Crippen molar-refractivity contribution in [1.29, 1.82) is 0 Å². The maximum Gasteiger partial charge on any atom is 0.171 e. The van der Waals surface area contributed by atoms with Gasteiger partial charge in [0.25, 0.3) is 0 Å². The van der Waals surface area contributed by atoms with E-state index in [-0.39, 0.29) is 12.2 Å². The molecule has 0 amide bonds. The fraction of sp³-hybridized carbons (Fsp3) is 0.111. The highest BCUT2D eigenvalue weighted by atomic mass is 127. The summed E-state index contributed by atoms with van der Waals surface area (Å²) in [5, 5.41) is 9.61. The molecule has 0 aliphatic carbocycles. The van der Waals surface area contributed by atoms with Gasteiger partial charge in [-0.2, -0.15) is 0 Å². The molecule has 2 rings (SSSR count). The Bertz CT molecular complexity index is 450. The monoisotopic (exact) mass is 292 g/mol. The molecule has 13 heavy (non-hydrogen) atoms. The van der Waals surface area contributed by atoms with Crippen LogP contribution in [-0.4, -0.2) is 5.11 Å². The van der Waals surface area contributed by atoms with E-state index in [1.165, 1.54) is 6.07 Å². The van der Waals surface area contributed by atoms with Gasteiger partial charge in [-0.15, -0.1) is 0 Å². The lowest BCUT2D eigenvalue weighted by Gasteiger charge is -1.97. The third-order valence-electron chi connectivity index (χ3n) is 1.87. The molecule has 0 aliphatic heterocycles. The zero-order chi connectivity index (χ0) is 9.42. The fourth-order valence-electron chi connectivity index (χ4n) is 1.25. The number of fused-ring (bicyclic) bond motifs is 1. The molecule has 0 saturated carbocycles. The van der Waals surface area contributed by atoms with E-state index in [1.54, 1.807) is 12.1 Å². The summed E-state index contributed by atoms with van der Waals surface area (Å²) in [5.41, 5.74) is 0.902. The number of hydrogen-bond donors (Lipinski definition) is 1. The summed E-state index contributed by atoms with van der Waals surface area (Å²) in [5.74, 6) is -0.393. The minimum atomic E-state index is -0.393. The Hall–Kier alpha value is -0.620. The summed E-state index contributed by atoms with van der Waals surface area (Å²) in [6.07, 6.45) is 0. The molecule has 0 aliphatic rings. The van der Waals surface area contributed by atoms with Gasteiger partial charge in [-0.3, -0.25) is 0 Å². The van der Waals surface area contributed by atoms with E-state index in [9.17, 15) is 4.39 Å². The predicted molar refractivity (Wildman–Crippen MR) is 54.8 cm³/mol. The van der Waals surface area contributed by atoms with Crippen molar-refractivity contribution in [3.63, 3.8) is 0 Å². The van der Waals surface area contributed by atoms with Crippen LogP contribution in [0.25, 0.3) is 11.0 Å². The van der Waals surface area contributed by atoms with E-state index in [1.807, 2.05) is 22.6 Å². The lowest BCUT2D eigenvalue weighted by atomic mass is 10.1. The minimum Gasteiger partial charge on any atom is -0.447 e. The summed E-state index contributed by atoms with van der Waals surface area (Å²) >= 11 is 1.97. The highest BCUT2D eigenvalue weighted by molar-refractivity contribution is 14.1. The van der Waals surface area contributed by atoms with E-state index in [0.717, 1.165) is 0 Å². The largest absolute Gasteiger partial charge is 0.447 e. The molecule has 1 N–H and O–H groups in total. The summed E-state index contributed by atoms with van der Waals surface area (Å²) in [6, 6.07) is 4.57.